The molecule has 6 heteroatoms. The molecule has 30 heavy (non-hydrogen) atoms. The molecule has 2 N–H and O–H groups in total. The molecule has 2 atom stereocenters. The standard InChI is InChI=1S/C24H31F2N3O/c1-16(2)8-5-13-21-24(4,28-18-10-6-9-17(3)14-18)15-27-23(30)29(21)22-19(25)11-7-12-20(22)26/h6-7,9-12,14,16,21,28H,5,8,13,15H2,1-4H3,(H,27,30)/t21-,24?/m0/s1. The summed E-state index contributed by atoms with van der Waals surface area (Å²) in [5.41, 5.74) is 1.11. The van der Waals surface area contributed by atoms with E-state index in [4.69, 9.17) is 0 Å². The van der Waals surface area contributed by atoms with E-state index in [0.717, 1.165) is 24.1 Å². The third-order valence-electron chi connectivity index (χ3n) is 5.76. The lowest BCUT2D eigenvalue weighted by Crippen LogP contribution is -2.69. The van der Waals surface area contributed by atoms with Crippen LogP contribution in [0.5, 0.6) is 0 Å². The number of hydrogen-bond acceptors (Lipinski definition) is 2. The van der Waals surface area contributed by atoms with Gasteiger partial charge in [-0.25, -0.2) is 13.6 Å². The third kappa shape index (κ3) is 4.74. The Hall–Kier alpha value is -2.63. The number of urea groups is 1. The Morgan fingerprint density at radius 1 is 1.20 bits per heavy atom. The minimum absolute atomic E-state index is 0.290. The van der Waals surface area contributed by atoms with Crippen LogP contribution >= 0.6 is 0 Å². The Bertz CT molecular complexity index is 882. The van der Waals surface area contributed by atoms with Gasteiger partial charge in [-0.3, -0.25) is 4.90 Å². The lowest BCUT2D eigenvalue weighted by Gasteiger charge is -2.49. The van der Waals surface area contributed by atoms with Crippen LogP contribution in [0, 0.1) is 24.5 Å². The fourth-order valence-electron chi connectivity index (χ4n) is 4.21. The molecular formula is C24H31F2N3O. The maximum absolute atomic E-state index is 14.7. The summed E-state index contributed by atoms with van der Waals surface area (Å²) in [5, 5.41) is 6.38. The number of carbonyl (C=O) groups is 1. The first kappa shape index (κ1) is 22.1. The van der Waals surface area contributed by atoms with E-state index in [0.29, 0.717) is 18.9 Å². The number of para-hydroxylation sites is 1. The first-order valence-corrected chi connectivity index (χ1v) is 10.6. The van der Waals surface area contributed by atoms with Crippen LogP contribution in [-0.4, -0.2) is 24.2 Å². The largest absolute Gasteiger partial charge is 0.376 e. The van der Waals surface area contributed by atoms with E-state index in [-0.39, 0.29) is 5.69 Å². The average molecular weight is 416 g/mol. The molecule has 4 nitrogen and oxygen atoms in total. The van der Waals surface area contributed by atoms with Gasteiger partial charge in [0.1, 0.15) is 17.3 Å². The van der Waals surface area contributed by atoms with Crippen molar-refractivity contribution >= 4 is 17.4 Å². The Labute approximate surface area is 177 Å². The minimum atomic E-state index is -0.737. The maximum Gasteiger partial charge on any atom is 0.322 e. The highest BCUT2D eigenvalue weighted by molar-refractivity contribution is 5.94. The molecule has 0 aliphatic carbocycles. The highest BCUT2D eigenvalue weighted by Crippen LogP contribution is 2.35. The Morgan fingerprint density at radius 3 is 2.50 bits per heavy atom. The van der Waals surface area contributed by atoms with Crippen LogP contribution in [0.2, 0.25) is 0 Å². The molecular weight excluding hydrogens is 384 g/mol. The number of carbonyl (C=O) groups excluding carboxylic acids is 1. The highest BCUT2D eigenvalue weighted by Gasteiger charge is 2.46. The molecule has 1 aliphatic heterocycles. The lowest BCUT2D eigenvalue weighted by molar-refractivity contribution is 0.220. The van der Waals surface area contributed by atoms with Crippen LogP contribution in [0.3, 0.4) is 0 Å². The van der Waals surface area contributed by atoms with E-state index >= 15 is 0 Å². The lowest BCUT2D eigenvalue weighted by atomic mass is 9.83. The van der Waals surface area contributed by atoms with Crippen molar-refractivity contribution in [1.82, 2.24) is 5.32 Å². The average Bonchev–Trinajstić information content (AvgIpc) is 2.66. The number of benzene rings is 2. The van der Waals surface area contributed by atoms with E-state index in [2.05, 4.69) is 24.5 Å². The van der Waals surface area contributed by atoms with Crippen LogP contribution in [0.25, 0.3) is 0 Å². The monoisotopic (exact) mass is 415 g/mol. The summed E-state index contributed by atoms with van der Waals surface area (Å²) in [6.45, 7) is 8.66. The van der Waals surface area contributed by atoms with Crippen molar-refractivity contribution in [2.75, 3.05) is 16.8 Å². The summed E-state index contributed by atoms with van der Waals surface area (Å²) in [6, 6.07) is 10.8. The molecule has 1 fully saturated rings. The quantitative estimate of drug-likeness (QED) is 0.594. The minimum Gasteiger partial charge on any atom is -0.376 e. The molecule has 0 radical (unpaired) electrons. The third-order valence-corrected chi connectivity index (χ3v) is 5.76. The van der Waals surface area contributed by atoms with Crippen LogP contribution in [0.4, 0.5) is 25.0 Å². The van der Waals surface area contributed by atoms with Gasteiger partial charge >= 0.3 is 6.03 Å². The second-order valence-electron chi connectivity index (χ2n) is 8.85. The van der Waals surface area contributed by atoms with Crippen molar-refractivity contribution in [1.29, 1.82) is 0 Å². The summed E-state index contributed by atoms with van der Waals surface area (Å²) in [7, 11) is 0. The molecule has 1 unspecified atom stereocenters. The summed E-state index contributed by atoms with van der Waals surface area (Å²) < 4.78 is 29.4. The van der Waals surface area contributed by atoms with Crippen molar-refractivity contribution in [3.05, 3.63) is 59.7 Å². The van der Waals surface area contributed by atoms with Gasteiger partial charge < -0.3 is 10.6 Å². The zero-order valence-corrected chi connectivity index (χ0v) is 18.1. The number of nitrogens with zero attached hydrogens (tertiary/aromatic N) is 1. The van der Waals surface area contributed by atoms with Crippen LogP contribution in [-0.2, 0) is 0 Å². The number of halogens is 2. The molecule has 2 aromatic carbocycles. The van der Waals surface area contributed by atoms with Crippen LogP contribution in [0.1, 0.15) is 45.6 Å². The predicted octanol–water partition coefficient (Wildman–Crippen LogP) is 5.87. The zero-order chi connectivity index (χ0) is 21.9. The van der Waals surface area contributed by atoms with Gasteiger partial charge in [-0.15, -0.1) is 0 Å². The van der Waals surface area contributed by atoms with Gasteiger partial charge in [-0.05, 0) is 56.0 Å². The topological polar surface area (TPSA) is 44.4 Å². The van der Waals surface area contributed by atoms with Gasteiger partial charge in [0.05, 0.1) is 11.6 Å². The van der Waals surface area contributed by atoms with Crippen molar-refractivity contribution in [2.24, 2.45) is 5.92 Å². The first-order chi connectivity index (χ1) is 14.2. The molecule has 0 bridgehead atoms. The molecule has 0 saturated carbocycles. The Balaban J connectivity index is 2.01. The second kappa shape index (κ2) is 9.02. The molecule has 0 spiro atoms. The first-order valence-electron chi connectivity index (χ1n) is 10.6. The van der Waals surface area contributed by atoms with E-state index in [1.54, 1.807) is 0 Å². The van der Waals surface area contributed by atoms with Gasteiger partial charge in [0.15, 0.2) is 0 Å². The second-order valence-corrected chi connectivity index (χ2v) is 8.85. The van der Waals surface area contributed by atoms with Gasteiger partial charge in [0.25, 0.3) is 0 Å². The Kier molecular flexibility index (Phi) is 6.64. The van der Waals surface area contributed by atoms with E-state index in [1.807, 2.05) is 38.1 Å². The van der Waals surface area contributed by atoms with E-state index < -0.39 is 29.2 Å². The van der Waals surface area contributed by atoms with Crippen molar-refractivity contribution in [2.45, 2.75) is 58.5 Å². The number of hydrogen-bond donors (Lipinski definition) is 2. The normalized spacial score (nSPS) is 21.6. The highest BCUT2D eigenvalue weighted by atomic mass is 19.1. The van der Waals surface area contributed by atoms with Crippen LogP contribution in [0.15, 0.2) is 42.5 Å². The summed E-state index contributed by atoms with van der Waals surface area (Å²) in [6.07, 6.45) is 2.47. The molecule has 162 valence electrons. The van der Waals surface area contributed by atoms with Gasteiger partial charge in [-0.2, -0.15) is 0 Å². The summed E-state index contributed by atoms with van der Waals surface area (Å²) >= 11 is 0. The van der Waals surface area contributed by atoms with Crippen molar-refractivity contribution in [3.8, 4) is 0 Å². The van der Waals surface area contributed by atoms with Gasteiger partial charge in [0.2, 0.25) is 0 Å². The van der Waals surface area contributed by atoms with E-state index in [1.165, 1.54) is 23.1 Å². The zero-order valence-electron chi connectivity index (χ0n) is 18.1. The molecule has 2 amide bonds. The SMILES string of the molecule is Cc1cccc(NC2(C)CNC(=O)N(c3c(F)cccc3F)[C@H]2CCCC(C)C)c1. The number of amides is 2. The molecule has 3 rings (SSSR count). The number of anilines is 2. The fourth-order valence-corrected chi connectivity index (χ4v) is 4.21. The van der Waals surface area contributed by atoms with Crippen LogP contribution < -0.4 is 15.5 Å². The predicted molar refractivity (Wildman–Crippen MR) is 118 cm³/mol. The molecule has 1 aliphatic rings. The molecule has 1 saturated heterocycles. The summed E-state index contributed by atoms with van der Waals surface area (Å²) in [5.74, 6) is -0.963. The van der Waals surface area contributed by atoms with E-state index in [9.17, 15) is 13.6 Å². The van der Waals surface area contributed by atoms with Gasteiger partial charge in [0, 0.05) is 12.2 Å². The summed E-state index contributed by atoms with van der Waals surface area (Å²) in [4.78, 5) is 14.1. The molecule has 1 heterocycles. The van der Waals surface area contributed by atoms with Gasteiger partial charge in [-0.1, -0.05) is 44.9 Å². The van der Waals surface area contributed by atoms with Crippen molar-refractivity contribution < 1.29 is 13.6 Å². The fraction of sp³-hybridized carbons (Fsp3) is 0.458. The Morgan fingerprint density at radius 2 is 1.87 bits per heavy atom. The molecule has 0 aromatic heterocycles. The molecule has 2 aromatic rings. The number of aryl methyl sites for hydroxylation is 1. The van der Waals surface area contributed by atoms with Crippen molar-refractivity contribution in [3.63, 3.8) is 0 Å². The smallest absolute Gasteiger partial charge is 0.322 e. The maximum atomic E-state index is 14.7. The number of nitrogens with one attached hydrogen (secondary N) is 2. The number of rotatable bonds is 7.